The van der Waals surface area contributed by atoms with Crippen LogP contribution in [0.25, 0.3) is 11.1 Å². The Hall–Kier alpha value is -2.66. The van der Waals surface area contributed by atoms with Crippen LogP contribution in [0.2, 0.25) is 0 Å². The Morgan fingerprint density at radius 3 is 1.91 bits per heavy atom. The average Bonchev–Trinajstić information content (AvgIpc) is 2.70. The van der Waals surface area contributed by atoms with Gasteiger partial charge in [-0.3, -0.25) is 9.59 Å². The molecule has 118 valence electrons. The summed E-state index contributed by atoms with van der Waals surface area (Å²) < 4.78 is 0. The van der Waals surface area contributed by atoms with Crippen LogP contribution in [0, 0.1) is 0 Å². The van der Waals surface area contributed by atoms with Crippen molar-refractivity contribution in [3.05, 3.63) is 59.7 Å². The first-order valence-corrected chi connectivity index (χ1v) is 7.55. The van der Waals surface area contributed by atoms with E-state index in [1.54, 1.807) is 4.90 Å². The van der Waals surface area contributed by atoms with E-state index in [1.165, 1.54) is 0 Å². The zero-order chi connectivity index (χ0) is 16.4. The van der Waals surface area contributed by atoms with Gasteiger partial charge >= 0.3 is 0 Å². The van der Waals surface area contributed by atoms with Gasteiger partial charge in [-0.05, 0) is 22.3 Å². The normalized spacial score (nSPS) is 14.4. The van der Waals surface area contributed by atoms with Crippen molar-refractivity contribution in [2.75, 3.05) is 0 Å². The molecule has 5 heteroatoms. The molecule has 2 aromatic carbocycles. The molecule has 0 spiro atoms. The van der Waals surface area contributed by atoms with Crippen LogP contribution < -0.4 is 11.5 Å². The molecule has 1 aliphatic heterocycles. The number of nitrogens with zero attached hydrogens (tertiary/aromatic N) is 1. The van der Waals surface area contributed by atoms with Gasteiger partial charge in [0.15, 0.2) is 0 Å². The summed E-state index contributed by atoms with van der Waals surface area (Å²) in [6.45, 7) is 0.937. The Balaban J connectivity index is 1.98. The van der Waals surface area contributed by atoms with Crippen molar-refractivity contribution in [3.63, 3.8) is 0 Å². The fraction of sp³-hybridized carbons (Fsp3) is 0.222. The van der Waals surface area contributed by atoms with Gasteiger partial charge in [-0.1, -0.05) is 48.5 Å². The quantitative estimate of drug-likeness (QED) is 0.898. The van der Waals surface area contributed by atoms with Gasteiger partial charge in [-0.2, -0.15) is 0 Å². The monoisotopic (exact) mass is 309 g/mol. The number of rotatable bonds is 3. The maximum absolute atomic E-state index is 12.6. The van der Waals surface area contributed by atoms with Crippen LogP contribution in [0.1, 0.15) is 17.5 Å². The van der Waals surface area contributed by atoms with E-state index in [0.717, 1.165) is 22.3 Å². The smallest absolute Gasteiger partial charge is 0.240 e. The van der Waals surface area contributed by atoms with Crippen molar-refractivity contribution in [1.29, 1.82) is 0 Å². The first-order chi connectivity index (χ1) is 11.1. The van der Waals surface area contributed by atoms with E-state index in [1.807, 2.05) is 36.4 Å². The van der Waals surface area contributed by atoms with Gasteiger partial charge in [-0.15, -0.1) is 0 Å². The lowest BCUT2D eigenvalue weighted by Crippen LogP contribution is -2.44. The molecule has 3 rings (SSSR count). The number of carbonyl (C=O) groups excluding carboxylic acids is 2. The maximum Gasteiger partial charge on any atom is 0.240 e. The maximum atomic E-state index is 12.6. The van der Waals surface area contributed by atoms with Crippen molar-refractivity contribution in [2.24, 2.45) is 11.5 Å². The molecule has 1 unspecified atom stereocenters. The molecule has 1 heterocycles. The number of hydrogen-bond acceptors (Lipinski definition) is 3. The van der Waals surface area contributed by atoms with Gasteiger partial charge in [0.1, 0.15) is 0 Å². The van der Waals surface area contributed by atoms with Gasteiger partial charge in [0.2, 0.25) is 11.8 Å². The van der Waals surface area contributed by atoms with Crippen LogP contribution in [0.15, 0.2) is 48.5 Å². The number of benzene rings is 2. The Kier molecular flexibility index (Phi) is 4.12. The second-order valence-corrected chi connectivity index (χ2v) is 5.79. The van der Waals surface area contributed by atoms with Gasteiger partial charge < -0.3 is 16.4 Å². The first-order valence-electron chi connectivity index (χ1n) is 7.55. The topological polar surface area (TPSA) is 89.4 Å². The van der Waals surface area contributed by atoms with E-state index in [9.17, 15) is 9.59 Å². The number of amides is 2. The van der Waals surface area contributed by atoms with Crippen LogP contribution in [0.5, 0.6) is 0 Å². The summed E-state index contributed by atoms with van der Waals surface area (Å²) in [5.74, 6) is -0.822. The second kappa shape index (κ2) is 6.22. The molecule has 0 saturated carbocycles. The largest absolute Gasteiger partial charge is 0.370 e. The highest BCUT2D eigenvalue weighted by Gasteiger charge is 2.26. The van der Waals surface area contributed by atoms with E-state index in [-0.39, 0.29) is 12.3 Å². The van der Waals surface area contributed by atoms with Gasteiger partial charge in [0.05, 0.1) is 12.5 Å². The summed E-state index contributed by atoms with van der Waals surface area (Å²) in [5.41, 5.74) is 15.4. The Morgan fingerprint density at radius 1 is 0.957 bits per heavy atom. The lowest BCUT2D eigenvalue weighted by molar-refractivity contribution is -0.135. The molecule has 1 aliphatic rings. The molecule has 0 fully saturated rings. The average molecular weight is 309 g/mol. The third kappa shape index (κ3) is 3.10. The van der Waals surface area contributed by atoms with E-state index < -0.39 is 11.9 Å². The number of fused-ring (bicyclic) bond motifs is 3. The lowest BCUT2D eigenvalue weighted by Gasteiger charge is -2.24. The molecule has 0 radical (unpaired) electrons. The molecule has 0 saturated heterocycles. The van der Waals surface area contributed by atoms with Crippen LogP contribution in [-0.2, 0) is 22.7 Å². The summed E-state index contributed by atoms with van der Waals surface area (Å²) in [6, 6.07) is 15.1. The molecule has 2 amide bonds. The van der Waals surface area contributed by atoms with Crippen LogP contribution in [0.4, 0.5) is 0 Å². The fourth-order valence-corrected chi connectivity index (χ4v) is 3.00. The Bertz CT molecular complexity index is 710. The molecule has 2 aromatic rings. The standard InChI is InChI=1S/C18H19N3O2/c19-16(9-17(20)22)18(23)21-10-12-5-1-3-7-14(12)15-8-4-2-6-13(15)11-21/h1-8,16H,9-11,19H2,(H2,20,22). The molecule has 0 aromatic heterocycles. The van der Waals surface area contributed by atoms with Crippen molar-refractivity contribution in [2.45, 2.75) is 25.6 Å². The molecule has 4 N–H and O–H groups in total. The van der Waals surface area contributed by atoms with Crippen LogP contribution in [-0.4, -0.2) is 22.8 Å². The van der Waals surface area contributed by atoms with Crippen LogP contribution >= 0.6 is 0 Å². The summed E-state index contributed by atoms with van der Waals surface area (Å²) in [7, 11) is 0. The van der Waals surface area contributed by atoms with Gasteiger partial charge in [-0.25, -0.2) is 0 Å². The number of hydrogen-bond donors (Lipinski definition) is 2. The Morgan fingerprint density at radius 2 is 1.43 bits per heavy atom. The molecule has 5 nitrogen and oxygen atoms in total. The fourth-order valence-electron chi connectivity index (χ4n) is 3.00. The predicted octanol–water partition coefficient (Wildman–Crippen LogP) is 1.40. The second-order valence-electron chi connectivity index (χ2n) is 5.79. The molecule has 23 heavy (non-hydrogen) atoms. The van der Waals surface area contributed by atoms with Crippen molar-refractivity contribution in [1.82, 2.24) is 4.90 Å². The summed E-state index contributed by atoms with van der Waals surface area (Å²) in [5, 5.41) is 0. The minimum atomic E-state index is -0.898. The highest BCUT2D eigenvalue weighted by molar-refractivity contribution is 5.88. The van der Waals surface area contributed by atoms with E-state index >= 15 is 0 Å². The van der Waals surface area contributed by atoms with Crippen LogP contribution in [0.3, 0.4) is 0 Å². The number of nitrogens with two attached hydrogens (primary N) is 2. The summed E-state index contributed by atoms with van der Waals surface area (Å²) in [4.78, 5) is 25.3. The Labute approximate surface area is 134 Å². The third-order valence-corrected chi connectivity index (χ3v) is 4.10. The first kappa shape index (κ1) is 15.2. The highest BCUT2D eigenvalue weighted by atomic mass is 16.2. The zero-order valence-corrected chi connectivity index (χ0v) is 12.7. The number of primary amides is 1. The minimum absolute atomic E-state index is 0.140. The summed E-state index contributed by atoms with van der Waals surface area (Å²) >= 11 is 0. The highest BCUT2D eigenvalue weighted by Crippen LogP contribution is 2.32. The zero-order valence-electron chi connectivity index (χ0n) is 12.7. The van der Waals surface area contributed by atoms with E-state index in [2.05, 4.69) is 12.1 Å². The SMILES string of the molecule is NC(=O)CC(N)C(=O)N1Cc2ccccc2-c2ccccc2C1. The van der Waals surface area contributed by atoms with Gasteiger partial charge in [0, 0.05) is 13.1 Å². The van der Waals surface area contributed by atoms with E-state index in [4.69, 9.17) is 11.5 Å². The molecule has 1 atom stereocenters. The van der Waals surface area contributed by atoms with Crippen molar-refractivity contribution >= 4 is 11.8 Å². The van der Waals surface area contributed by atoms with Crippen molar-refractivity contribution in [3.8, 4) is 11.1 Å². The molecular weight excluding hydrogens is 290 g/mol. The summed E-state index contributed by atoms with van der Waals surface area (Å²) in [6.07, 6.45) is -0.140. The molecular formula is C18H19N3O2. The van der Waals surface area contributed by atoms with Crippen molar-refractivity contribution < 1.29 is 9.59 Å². The minimum Gasteiger partial charge on any atom is -0.370 e. The number of carbonyl (C=O) groups is 2. The predicted molar refractivity (Wildman–Crippen MR) is 87.9 cm³/mol. The molecule has 0 bridgehead atoms. The third-order valence-electron chi connectivity index (χ3n) is 4.10. The lowest BCUT2D eigenvalue weighted by atomic mass is 9.97. The molecule has 0 aliphatic carbocycles. The van der Waals surface area contributed by atoms with E-state index in [0.29, 0.717) is 13.1 Å². The van der Waals surface area contributed by atoms with Gasteiger partial charge in [0.25, 0.3) is 0 Å².